The van der Waals surface area contributed by atoms with E-state index >= 15 is 0 Å². The minimum absolute atomic E-state index is 0.0307. The molecule has 1 aromatic rings. The summed E-state index contributed by atoms with van der Waals surface area (Å²) in [7, 11) is 0. The summed E-state index contributed by atoms with van der Waals surface area (Å²) in [6.45, 7) is 5.81. The standard InChI is InChI=1S/C14H22N4O/c1-11(2)14(19)15-12-7-8-13(17-16-12)18-9-5-3-4-6-10-18/h7-8,11H,3-6,9-10H2,1-2H3,(H,15,16,19). The lowest BCUT2D eigenvalue weighted by molar-refractivity contribution is -0.118. The summed E-state index contributed by atoms with van der Waals surface area (Å²) in [6, 6.07) is 3.77. The Kier molecular flexibility index (Phi) is 4.71. The molecule has 19 heavy (non-hydrogen) atoms. The predicted octanol–water partition coefficient (Wildman–Crippen LogP) is 2.45. The number of hydrogen-bond acceptors (Lipinski definition) is 4. The third-order valence-electron chi connectivity index (χ3n) is 3.36. The summed E-state index contributed by atoms with van der Waals surface area (Å²) >= 11 is 0. The molecule has 0 bridgehead atoms. The molecule has 0 unspecified atom stereocenters. The molecule has 1 N–H and O–H groups in total. The number of nitrogens with zero attached hydrogens (tertiary/aromatic N) is 3. The maximum atomic E-state index is 11.6. The first-order valence-electron chi connectivity index (χ1n) is 7.06. The molecular weight excluding hydrogens is 240 g/mol. The van der Waals surface area contributed by atoms with Gasteiger partial charge in [-0.1, -0.05) is 26.7 Å². The van der Waals surface area contributed by atoms with Crippen LogP contribution < -0.4 is 10.2 Å². The van der Waals surface area contributed by atoms with Gasteiger partial charge < -0.3 is 10.2 Å². The first-order valence-corrected chi connectivity index (χ1v) is 7.06. The molecule has 1 aliphatic rings. The van der Waals surface area contributed by atoms with Gasteiger partial charge in [0.05, 0.1) is 0 Å². The molecule has 0 aliphatic carbocycles. The molecule has 1 saturated heterocycles. The Morgan fingerprint density at radius 2 is 1.84 bits per heavy atom. The summed E-state index contributed by atoms with van der Waals surface area (Å²) < 4.78 is 0. The van der Waals surface area contributed by atoms with Crippen LogP contribution in [0.1, 0.15) is 39.5 Å². The number of carbonyl (C=O) groups is 1. The van der Waals surface area contributed by atoms with Crippen LogP contribution in [0.25, 0.3) is 0 Å². The van der Waals surface area contributed by atoms with Crippen LogP contribution in [0.4, 0.5) is 11.6 Å². The van der Waals surface area contributed by atoms with Gasteiger partial charge in [0.2, 0.25) is 5.91 Å². The van der Waals surface area contributed by atoms with E-state index in [1.54, 1.807) is 0 Å². The molecule has 104 valence electrons. The maximum Gasteiger partial charge on any atom is 0.228 e. The van der Waals surface area contributed by atoms with E-state index in [0.29, 0.717) is 5.82 Å². The molecule has 1 amide bonds. The SMILES string of the molecule is CC(C)C(=O)Nc1ccc(N2CCCCCC2)nn1. The predicted molar refractivity (Wildman–Crippen MR) is 76.2 cm³/mol. The van der Waals surface area contributed by atoms with Crippen molar-refractivity contribution in [3.05, 3.63) is 12.1 Å². The third-order valence-corrected chi connectivity index (χ3v) is 3.36. The van der Waals surface area contributed by atoms with E-state index in [1.807, 2.05) is 26.0 Å². The smallest absolute Gasteiger partial charge is 0.228 e. The highest BCUT2D eigenvalue weighted by Crippen LogP contribution is 2.17. The summed E-state index contributed by atoms with van der Waals surface area (Å²) in [5, 5.41) is 11.1. The second-order valence-electron chi connectivity index (χ2n) is 5.32. The molecule has 5 nitrogen and oxygen atoms in total. The number of rotatable bonds is 3. The van der Waals surface area contributed by atoms with Gasteiger partial charge >= 0.3 is 0 Å². The number of aromatic nitrogens is 2. The van der Waals surface area contributed by atoms with Crippen LogP contribution in [0.5, 0.6) is 0 Å². The lowest BCUT2D eigenvalue weighted by atomic mass is 10.2. The number of hydrogen-bond donors (Lipinski definition) is 1. The molecule has 0 atom stereocenters. The number of amides is 1. The van der Waals surface area contributed by atoms with Gasteiger partial charge in [0.25, 0.3) is 0 Å². The molecule has 2 rings (SSSR count). The first-order chi connectivity index (χ1) is 9.16. The van der Waals surface area contributed by atoms with Crippen molar-refractivity contribution >= 4 is 17.5 Å². The van der Waals surface area contributed by atoms with Crippen molar-refractivity contribution in [2.75, 3.05) is 23.3 Å². The second kappa shape index (κ2) is 6.50. The van der Waals surface area contributed by atoms with Gasteiger partial charge in [-0.3, -0.25) is 4.79 Å². The van der Waals surface area contributed by atoms with Crippen LogP contribution >= 0.6 is 0 Å². The number of carbonyl (C=O) groups excluding carboxylic acids is 1. The zero-order valence-electron chi connectivity index (χ0n) is 11.7. The highest BCUT2D eigenvalue weighted by atomic mass is 16.1. The second-order valence-corrected chi connectivity index (χ2v) is 5.32. The molecule has 0 spiro atoms. The first kappa shape index (κ1) is 13.8. The fraction of sp³-hybridized carbons (Fsp3) is 0.643. The van der Waals surface area contributed by atoms with Crippen LogP contribution in [0.3, 0.4) is 0 Å². The van der Waals surface area contributed by atoms with Crippen molar-refractivity contribution in [1.29, 1.82) is 0 Å². The van der Waals surface area contributed by atoms with Crippen LogP contribution in [-0.2, 0) is 4.79 Å². The van der Waals surface area contributed by atoms with Gasteiger partial charge in [-0.05, 0) is 25.0 Å². The highest BCUT2D eigenvalue weighted by Gasteiger charge is 2.12. The monoisotopic (exact) mass is 262 g/mol. The Bertz CT molecular complexity index is 408. The number of nitrogens with one attached hydrogen (secondary N) is 1. The van der Waals surface area contributed by atoms with E-state index in [4.69, 9.17) is 0 Å². The lowest BCUT2D eigenvalue weighted by Gasteiger charge is -2.20. The molecule has 1 aromatic heterocycles. The van der Waals surface area contributed by atoms with Gasteiger partial charge in [0.1, 0.15) is 0 Å². The topological polar surface area (TPSA) is 58.1 Å². The van der Waals surface area contributed by atoms with Crippen LogP contribution in [0, 0.1) is 5.92 Å². The van der Waals surface area contributed by atoms with Gasteiger partial charge in [-0.25, -0.2) is 0 Å². The Morgan fingerprint density at radius 3 is 2.37 bits per heavy atom. The van der Waals surface area contributed by atoms with E-state index in [-0.39, 0.29) is 11.8 Å². The van der Waals surface area contributed by atoms with E-state index in [0.717, 1.165) is 18.9 Å². The number of anilines is 2. The van der Waals surface area contributed by atoms with E-state index < -0.39 is 0 Å². The van der Waals surface area contributed by atoms with Crippen LogP contribution in [0.2, 0.25) is 0 Å². The van der Waals surface area contributed by atoms with Crippen molar-refractivity contribution in [1.82, 2.24) is 10.2 Å². The average Bonchev–Trinajstić information content (AvgIpc) is 2.68. The zero-order valence-corrected chi connectivity index (χ0v) is 11.7. The summed E-state index contributed by atoms with van der Waals surface area (Å²) in [4.78, 5) is 13.8. The largest absolute Gasteiger partial charge is 0.355 e. The molecule has 0 radical (unpaired) electrons. The average molecular weight is 262 g/mol. The minimum atomic E-state index is -0.0490. The molecule has 1 fully saturated rings. The van der Waals surface area contributed by atoms with E-state index in [9.17, 15) is 4.79 Å². The molecule has 5 heteroatoms. The Hall–Kier alpha value is -1.65. The van der Waals surface area contributed by atoms with Gasteiger partial charge in [0.15, 0.2) is 11.6 Å². The molecule has 1 aliphatic heterocycles. The van der Waals surface area contributed by atoms with Crippen molar-refractivity contribution < 1.29 is 4.79 Å². The molecule has 2 heterocycles. The summed E-state index contributed by atoms with van der Waals surface area (Å²) in [6.07, 6.45) is 5.03. The van der Waals surface area contributed by atoms with Crippen molar-refractivity contribution in [3.63, 3.8) is 0 Å². The fourth-order valence-corrected chi connectivity index (χ4v) is 2.13. The van der Waals surface area contributed by atoms with Crippen LogP contribution in [-0.4, -0.2) is 29.2 Å². The zero-order chi connectivity index (χ0) is 13.7. The van der Waals surface area contributed by atoms with E-state index in [1.165, 1.54) is 25.7 Å². The quantitative estimate of drug-likeness (QED) is 0.909. The Morgan fingerprint density at radius 1 is 1.16 bits per heavy atom. The Labute approximate surface area is 114 Å². The van der Waals surface area contributed by atoms with Gasteiger partial charge in [-0.2, -0.15) is 0 Å². The molecule has 0 saturated carbocycles. The van der Waals surface area contributed by atoms with Crippen molar-refractivity contribution in [3.8, 4) is 0 Å². The van der Waals surface area contributed by atoms with E-state index in [2.05, 4.69) is 20.4 Å². The summed E-state index contributed by atoms with van der Waals surface area (Å²) in [5.74, 6) is 1.35. The van der Waals surface area contributed by atoms with Crippen molar-refractivity contribution in [2.45, 2.75) is 39.5 Å². The highest BCUT2D eigenvalue weighted by molar-refractivity contribution is 5.91. The van der Waals surface area contributed by atoms with Crippen molar-refractivity contribution in [2.24, 2.45) is 5.92 Å². The maximum absolute atomic E-state index is 11.6. The molecular formula is C14H22N4O. The van der Waals surface area contributed by atoms with Gasteiger partial charge in [-0.15, -0.1) is 10.2 Å². The lowest BCUT2D eigenvalue weighted by Crippen LogP contribution is -2.25. The summed E-state index contributed by atoms with van der Waals surface area (Å²) in [5.41, 5.74) is 0. The Balaban J connectivity index is 1.99. The van der Waals surface area contributed by atoms with Gasteiger partial charge in [0, 0.05) is 19.0 Å². The van der Waals surface area contributed by atoms with Crippen LogP contribution in [0.15, 0.2) is 12.1 Å². The fourth-order valence-electron chi connectivity index (χ4n) is 2.13. The molecule has 0 aromatic carbocycles. The minimum Gasteiger partial charge on any atom is -0.355 e. The normalized spacial score (nSPS) is 16.3. The third kappa shape index (κ3) is 3.91.